The molecule has 0 aliphatic heterocycles. The summed E-state index contributed by atoms with van der Waals surface area (Å²) in [7, 11) is 1.54. The maximum atomic E-state index is 12.9. The molecule has 0 aliphatic rings. The molecule has 2 aromatic carbocycles. The van der Waals surface area contributed by atoms with Gasteiger partial charge in [0.25, 0.3) is 5.91 Å². The van der Waals surface area contributed by atoms with Crippen LogP contribution in [-0.2, 0) is 6.54 Å². The molecule has 0 atom stereocenters. The van der Waals surface area contributed by atoms with Crippen molar-refractivity contribution < 1.29 is 13.9 Å². The molecule has 0 fully saturated rings. The number of halogens is 1. The highest BCUT2D eigenvalue weighted by Crippen LogP contribution is 2.25. The summed E-state index contributed by atoms with van der Waals surface area (Å²) in [4.78, 5) is 20.7. The van der Waals surface area contributed by atoms with Gasteiger partial charge in [-0.3, -0.25) is 4.79 Å². The van der Waals surface area contributed by atoms with Gasteiger partial charge in [-0.05, 0) is 42.3 Å². The van der Waals surface area contributed by atoms with Gasteiger partial charge in [-0.2, -0.15) is 0 Å². The van der Waals surface area contributed by atoms with E-state index in [1.54, 1.807) is 25.3 Å². The minimum atomic E-state index is -0.378. The van der Waals surface area contributed by atoms with Gasteiger partial charge in [-0.1, -0.05) is 18.2 Å². The molecule has 27 heavy (non-hydrogen) atoms. The van der Waals surface area contributed by atoms with Crippen molar-refractivity contribution in [2.75, 3.05) is 17.7 Å². The van der Waals surface area contributed by atoms with Crippen LogP contribution in [0.4, 0.5) is 15.9 Å². The summed E-state index contributed by atoms with van der Waals surface area (Å²) in [5.41, 5.74) is 2.66. The minimum absolute atomic E-state index is 0.186. The van der Waals surface area contributed by atoms with Crippen molar-refractivity contribution in [2.24, 2.45) is 0 Å². The monoisotopic (exact) mass is 366 g/mol. The van der Waals surface area contributed by atoms with E-state index in [-0.39, 0.29) is 17.4 Å². The van der Waals surface area contributed by atoms with Crippen LogP contribution in [0.25, 0.3) is 0 Å². The molecule has 1 aromatic heterocycles. The number of hydrogen-bond donors (Lipinski definition) is 2. The maximum absolute atomic E-state index is 12.9. The van der Waals surface area contributed by atoms with Crippen LogP contribution < -0.4 is 15.4 Å². The Hall–Kier alpha value is -3.48. The molecule has 0 spiro atoms. The Morgan fingerprint density at radius 1 is 1.11 bits per heavy atom. The summed E-state index contributed by atoms with van der Waals surface area (Å²) in [6.07, 6.45) is 2.87. The molecule has 3 rings (SSSR count). The number of carbonyl (C=O) groups is 1. The van der Waals surface area contributed by atoms with E-state index < -0.39 is 0 Å². The Bertz CT molecular complexity index is 928. The Balaban J connectivity index is 1.63. The van der Waals surface area contributed by atoms with E-state index >= 15 is 0 Å². The van der Waals surface area contributed by atoms with Crippen molar-refractivity contribution in [1.29, 1.82) is 0 Å². The fourth-order valence-electron chi connectivity index (χ4n) is 2.44. The second-order valence-electron chi connectivity index (χ2n) is 5.92. The fraction of sp³-hybridized carbons (Fsp3) is 0.150. The second kappa shape index (κ2) is 8.27. The summed E-state index contributed by atoms with van der Waals surface area (Å²) in [5.74, 6) is 0.430. The van der Waals surface area contributed by atoms with Gasteiger partial charge in [0, 0.05) is 6.54 Å². The van der Waals surface area contributed by atoms with Crippen molar-refractivity contribution in [1.82, 2.24) is 9.97 Å². The largest absolute Gasteiger partial charge is 0.495 e. The Morgan fingerprint density at radius 3 is 2.56 bits per heavy atom. The zero-order chi connectivity index (χ0) is 19.2. The normalized spacial score (nSPS) is 10.3. The molecule has 1 heterocycles. The molecule has 0 radical (unpaired) electrons. The lowest BCUT2D eigenvalue weighted by molar-refractivity contribution is 0.102. The highest BCUT2D eigenvalue weighted by Gasteiger charge is 2.12. The van der Waals surface area contributed by atoms with E-state index in [0.29, 0.717) is 23.8 Å². The van der Waals surface area contributed by atoms with Gasteiger partial charge in [0.1, 0.15) is 23.1 Å². The molecule has 0 aliphatic carbocycles. The van der Waals surface area contributed by atoms with Crippen LogP contribution in [0.15, 0.2) is 54.9 Å². The molecule has 0 saturated carbocycles. The van der Waals surface area contributed by atoms with Crippen molar-refractivity contribution in [3.8, 4) is 5.75 Å². The smallest absolute Gasteiger partial charge is 0.275 e. The lowest BCUT2D eigenvalue weighted by Gasteiger charge is -2.11. The average Bonchev–Trinajstić information content (AvgIpc) is 2.68. The standard InChI is InChI=1S/C20H19FN4O2/c1-13-3-8-18(27-2)16(9-13)25-20(26)17-11-24-19(12-22-17)23-10-14-4-6-15(21)7-5-14/h3-9,11-12H,10H2,1-2H3,(H,23,24)(H,25,26). The van der Waals surface area contributed by atoms with E-state index in [9.17, 15) is 9.18 Å². The third kappa shape index (κ3) is 4.78. The highest BCUT2D eigenvalue weighted by molar-refractivity contribution is 6.03. The minimum Gasteiger partial charge on any atom is -0.495 e. The molecule has 0 unspecified atom stereocenters. The van der Waals surface area contributed by atoms with Gasteiger partial charge in [0.2, 0.25) is 0 Å². The first kappa shape index (κ1) is 18.3. The fourth-order valence-corrected chi connectivity index (χ4v) is 2.44. The Labute approximate surface area is 156 Å². The van der Waals surface area contributed by atoms with E-state index in [4.69, 9.17) is 4.74 Å². The zero-order valence-electron chi connectivity index (χ0n) is 15.0. The summed E-state index contributed by atoms with van der Waals surface area (Å²) >= 11 is 0. The number of benzene rings is 2. The van der Waals surface area contributed by atoms with Gasteiger partial charge in [-0.25, -0.2) is 14.4 Å². The van der Waals surface area contributed by atoms with Crippen LogP contribution in [0.3, 0.4) is 0 Å². The highest BCUT2D eigenvalue weighted by atomic mass is 19.1. The number of ether oxygens (including phenoxy) is 1. The summed E-state index contributed by atoms with van der Waals surface area (Å²) in [6, 6.07) is 11.7. The lowest BCUT2D eigenvalue weighted by atomic mass is 10.2. The third-order valence-electron chi connectivity index (χ3n) is 3.87. The van der Waals surface area contributed by atoms with E-state index in [0.717, 1.165) is 11.1 Å². The van der Waals surface area contributed by atoms with Crippen molar-refractivity contribution in [3.63, 3.8) is 0 Å². The SMILES string of the molecule is COc1ccc(C)cc1NC(=O)c1cnc(NCc2ccc(F)cc2)cn1. The van der Waals surface area contributed by atoms with E-state index in [2.05, 4.69) is 20.6 Å². The first-order valence-electron chi connectivity index (χ1n) is 8.31. The van der Waals surface area contributed by atoms with Crippen LogP contribution >= 0.6 is 0 Å². The summed E-state index contributed by atoms with van der Waals surface area (Å²) < 4.78 is 18.2. The summed E-state index contributed by atoms with van der Waals surface area (Å²) in [6.45, 7) is 2.40. The molecule has 2 N–H and O–H groups in total. The molecule has 7 heteroatoms. The van der Waals surface area contributed by atoms with Gasteiger partial charge in [0.05, 0.1) is 25.2 Å². The van der Waals surface area contributed by atoms with Crippen LogP contribution in [0, 0.1) is 12.7 Å². The first-order chi connectivity index (χ1) is 13.0. The number of aromatic nitrogens is 2. The number of hydrogen-bond acceptors (Lipinski definition) is 5. The van der Waals surface area contributed by atoms with Gasteiger partial charge in [-0.15, -0.1) is 0 Å². The van der Waals surface area contributed by atoms with Crippen LogP contribution in [0.5, 0.6) is 5.75 Å². The number of carbonyl (C=O) groups excluding carboxylic acids is 1. The molecule has 1 amide bonds. The predicted octanol–water partition coefficient (Wildman–Crippen LogP) is 3.80. The van der Waals surface area contributed by atoms with Gasteiger partial charge >= 0.3 is 0 Å². The number of nitrogens with one attached hydrogen (secondary N) is 2. The van der Waals surface area contributed by atoms with E-state index in [1.165, 1.54) is 24.5 Å². The number of rotatable bonds is 6. The van der Waals surface area contributed by atoms with Crippen LogP contribution in [0.1, 0.15) is 21.6 Å². The zero-order valence-corrected chi connectivity index (χ0v) is 15.0. The molecular formula is C20H19FN4O2. The van der Waals surface area contributed by atoms with Crippen LogP contribution in [0.2, 0.25) is 0 Å². The van der Waals surface area contributed by atoms with Gasteiger partial charge in [0.15, 0.2) is 0 Å². The average molecular weight is 366 g/mol. The molecule has 138 valence electrons. The van der Waals surface area contributed by atoms with E-state index in [1.807, 2.05) is 19.1 Å². The predicted molar refractivity (Wildman–Crippen MR) is 101 cm³/mol. The maximum Gasteiger partial charge on any atom is 0.275 e. The first-order valence-corrected chi connectivity index (χ1v) is 8.31. The molecule has 6 nitrogen and oxygen atoms in total. The van der Waals surface area contributed by atoms with Gasteiger partial charge < -0.3 is 15.4 Å². The summed E-state index contributed by atoms with van der Waals surface area (Å²) in [5, 5.41) is 5.85. The number of anilines is 2. The van der Waals surface area contributed by atoms with Crippen molar-refractivity contribution in [2.45, 2.75) is 13.5 Å². The topological polar surface area (TPSA) is 76.1 Å². The second-order valence-corrected chi connectivity index (χ2v) is 5.92. The third-order valence-corrected chi connectivity index (χ3v) is 3.87. The molecule has 3 aromatic rings. The number of aryl methyl sites for hydroxylation is 1. The number of methoxy groups -OCH3 is 1. The molecule has 0 bridgehead atoms. The molecule has 0 saturated heterocycles. The molecular weight excluding hydrogens is 347 g/mol. The van der Waals surface area contributed by atoms with Crippen molar-refractivity contribution >= 4 is 17.4 Å². The Morgan fingerprint density at radius 2 is 1.89 bits per heavy atom. The number of amides is 1. The lowest BCUT2D eigenvalue weighted by Crippen LogP contribution is -2.15. The van der Waals surface area contributed by atoms with Crippen LogP contribution in [-0.4, -0.2) is 23.0 Å². The quantitative estimate of drug-likeness (QED) is 0.694. The Kier molecular flexibility index (Phi) is 5.61. The van der Waals surface area contributed by atoms with Crippen molar-refractivity contribution in [3.05, 3.63) is 77.5 Å². The number of nitrogens with zero attached hydrogens (tertiary/aromatic N) is 2.